The highest BCUT2D eigenvalue weighted by Gasteiger charge is 2.27. The molecule has 0 radical (unpaired) electrons. The monoisotopic (exact) mass is 352 g/mol. The molecule has 0 aliphatic heterocycles. The van der Waals surface area contributed by atoms with Gasteiger partial charge in [0.25, 0.3) is 0 Å². The molecule has 0 heterocycles. The Balaban J connectivity index is 3.36. The van der Waals surface area contributed by atoms with Crippen LogP contribution in [-0.4, -0.2) is 37.5 Å². The fraction of sp³-hybridized carbons (Fsp3) is 0.273. The lowest BCUT2D eigenvalue weighted by Gasteiger charge is -2.20. The van der Waals surface area contributed by atoms with Crippen molar-refractivity contribution >= 4 is 31.6 Å². The highest BCUT2D eigenvalue weighted by molar-refractivity contribution is 9.10. The summed E-state index contributed by atoms with van der Waals surface area (Å²) in [5.41, 5.74) is 5.64. The van der Waals surface area contributed by atoms with E-state index in [1.165, 1.54) is 12.1 Å². The minimum atomic E-state index is -4.08. The Kier molecular flexibility index (Phi) is 5.48. The van der Waals surface area contributed by atoms with Gasteiger partial charge in [-0.25, -0.2) is 12.8 Å². The van der Waals surface area contributed by atoms with Crippen molar-refractivity contribution in [1.82, 2.24) is 4.31 Å². The van der Waals surface area contributed by atoms with Gasteiger partial charge in [-0.05, 0) is 28.1 Å². The maximum Gasteiger partial charge on any atom is 0.246 e. The Morgan fingerprint density at radius 3 is 2.68 bits per heavy atom. The first kappa shape index (κ1) is 16.1. The molecule has 0 spiro atoms. The van der Waals surface area contributed by atoms with Crippen LogP contribution in [0.25, 0.3) is 0 Å². The van der Waals surface area contributed by atoms with Gasteiger partial charge in [0.1, 0.15) is 4.90 Å². The maximum absolute atomic E-state index is 13.9. The van der Waals surface area contributed by atoms with E-state index in [0.717, 1.165) is 10.4 Å². The number of nitrogens with two attached hydrogens (primary N) is 1. The van der Waals surface area contributed by atoms with Crippen LogP contribution in [0.4, 0.5) is 10.1 Å². The van der Waals surface area contributed by atoms with Crippen molar-refractivity contribution < 1.29 is 17.9 Å². The summed E-state index contributed by atoms with van der Waals surface area (Å²) in [5, 5.41) is 8.88. The minimum absolute atomic E-state index is 0.0330. The van der Waals surface area contributed by atoms with Crippen molar-refractivity contribution in [2.45, 2.75) is 4.90 Å². The van der Waals surface area contributed by atoms with Crippen LogP contribution in [0.5, 0.6) is 0 Å². The summed E-state index contributed by atoms with van der Waals surface area (Å²) >= 11 is 2.91. The smallest absolute Gasteiger partial charge is 0.246 e. The summed E-state index contributed by atoms with van der Waals surface area (Å²) in [5.74, 6) is -0.916. The summed E-state index contributed by atoms with van der Waals surface area (Å²) in [6, 6.07) is 2.32. The first-order valence-electron chi connectivity index (χ1n) is 5.31. The zero-order valence-corrected chi connectivity index (χ0v) is 12.4. The molecule has 0 aliphatic carbocycles. The van der Waals surface area contributed by atoms with Gasteiger partial charge in [-0.1, -0.05) is 6.08 Å². The number of hydrogen-bond donors (Lipinski definition) is 2. The molecular weight excluding hydrogens is 339 g/mol. The summed E-state index contributed by atoms with van der Waals surface area (Å²) < 4.78 is 39.4. The molecule has 1 aromatic carbocycles. The molecule has 3 N–H and O–H groups in total. The predicted octanol–water partition coefficient (Wildman–Crippen LogP) is 1.34. The standard InChI is InChI=1S/C11H14BrFN2O3S/c1-2-3-15(4-5-16)19(17,18)10-7-8(14)6-9(12)11(10)13/h2,6-7,16H,1,3-5,14H2. The van der Waals surface area contributed by atoms with Crippen LogP contribution in [-0.2, 0) is 10.0 Å². The van der Waals surface area contributed by atoms with Gasteiger partial charge < -0.3 is 10.8 Å². The van der Waals surface area contributed by atoms with E-state index in [1.54, 1.807) is 0 Å². The molecule has 0 aromatic heterocycles. The van der Waals surface area contributed by atoms with Crippen molar-refractivity contribution in [2.75, 3.05) is 25.4 Å². The Bertz CT molecular complexity index is 578. The van der Waals surface area contributed by atoms with Gasteiger partial charge in [0.15, 0.2) is 5.82 Å². The average molecular weight is 353 g/mol. The van der Waals surface area contributed by atoms with E-state index < -0.39 is 20.7 Å². The summed E-state index contributed by atoms with van der Waals surface area (Å²) in [6.07, 6.45) is 1.35. The quantitative estimate of drug-likeness (QED) is 0.597. The second-order valence-corrected chi connectivity index (χ2v) is 6.45. The molecule has 0 fully saturated rings. The van der Waals surface area contributed by atoms with Crippen LogP contribution in [0.3, 0.4) is 0 Å². The van der Waals surface area contributed by atoms with Crippen LogP contribution in [0, 0.1) is 5.82 Å². The highest BCUT2D eigenvalue weighted by Crippen LogP contribution is 2.28. The van der Waals surface area contributed by atoms with E-state index in [1.807, 2.05) is 0 Å². The number of halogens is 2. The maximum atomic E-state index is 13.9. The largest absolute Gasteiger partial charge is 0.399 e. The second kappa shape index (κ2) is 6.47. The Morgan fingerprint density at radius 2 is 2.16 bits per heavy atom. The first-order chi connectivity index (χ1) is 8.84. The fourth-order valence-corrected chi connectivity index (χ4v) is 3.61. The van der Waals surface area contributed by atoms with Crippen LogP contribution in [0.2, 0.25) is 0 Å². The van der Waals surface area contributed by atoms with E-state index in [9.17, 15) is 12.8 Å². The molecule has 0 atom stereocenters. The lowest BCUT2D eigenvalue weighted by molar-refractivity contribution is 0.260. The van der Waals surface area contributed by atoms with E-state index >= 15 is 0 Å². The normalized spacial score (nSPS) is 11.8. The number of aliphatic hydroxyl groups is 1. The van der Waals surface area contributed by atoms with Gasteiger partial charge in [0.2, 0.25) is 10.0 Å². The number of hydrogen-bond acceptors (Lipinski definition) is 4. The lowest BCUT2D eigenvalue weighted by atomic mass is 10.3. The summed E-state index contributed by atoms with van der Waals surface area (Å²) in [7, 11) is -4.08. The lowest BCUT2D eigenvalue weighted by Crippen LogP contribution is -2.34. The van der Waals surface area contributed by atoms with Crippen molar-refractivity contribution in [1.29, 1.82) is 0 Å². The average Bonchev–Trinajstić information content (AvgIpc) is 2.33. The molecule has 0 bridgehead atoms. The number of nitrogens with zero attached hydrogens (tertiary/aromatic N) is 1. The number of anilines is 1. The van der Waals surface area contributed by atoms with E-state index in [0.29, 0.717) is 0 Å². The third-order valence-corrected chi connectivity index (χ3v) is 4.76. The fourth-order valence-electron chi connectivity index (χ4n) is 1.48. The second-order valence-electron chi connectivity index (χ2n) is 3.69. The number of aliphatic hydroxyl groups excluding tert-OH is 1. The molecule has 5 nitrogen and oxygen atoms in total. The first-order valence-corrected chi connectivity index (χ1v) is 7.54. The SMILES string of the molecule is C=CCN(CCO)S(=O)(=O)c1cc(N)cc(Br)c1F. The van der Waals surface area contributed by atoms with Gasteiger partial charge >= 0.3 is 0 Å². The molecule has 19 heavy (non-hydrogen) atoms. The van der Waals surface area contributed by atoms with Crippen molar-refractivity contribution in [3.05, 3.63) is 35.1 Å². The van der Waals surface area contributed by atoms with Gasteiger partial charge in [-0.15, -0.1) is 6.58 Å². The van der Waals surface area contributed by atoms with Gasteiger partial charge in [0.05, 0.1) is 11.1 Å². The summed E-state index contributed by atoms with van der Waals surface area (Å²) in [4.78, 5) is -0.533. The van der Waals surface area contributed by atoms with Gasteiger partial charge in [-0.2, -0.15) is 4.31 Å². The van der Waals surface area contributed by atoms with Crippen molar-refractivity contribution in [2.24, 2.45) is 0 Å². The molecule has 8 heteroatoms. The zero-order valence-electron chi connectivity index (χ0n) is 10.0. The number of rotatable bonds is 6. The molecule has 106 valence electrons. The van der Waals surface area contributed by atoms with Crippen molar-refractivity contribution in [3.63, 3.8) is 0 Å². The Hall–Kier alpha value is -0.960. The molecule has 0 amide bonds. The number of sulfonamides is 1. The van der Waals surface area contributed by atoms with Gasteiger partial charge in [-0.3, -0.25) is 0 Å². The molecule has 0 saturated heterocycles. The number of benzene rings is 1. The highest BCUT2D eigenvalue weighted by atomic mass is 79.9. The topological polar surface area (TPSA) is 83.6 Å². The Morgan fingerprint density at radius 1 is 1.53 bits per heavy atom. The number of nitrogen functional groups attached to an aromatic ring is 1. The minimum Gasteiger partial charge on any atom is -0.399 e. The van der Waals surface area contributed by atoms with Gasteiger partial charge in [0, 0.05) is 18.8 Å². The van der Waals surface area contributed by atoms with Crippen LogP contribution >= 0.6 is 15.9 Å². The van der Waals surface area contributed by atoms with Crippen molar-refractivity contribution in [3.8, 4) is 0 Å². The third-order valence-electron chi connectivity index (χ3n) is 2.32. The Labute approximate surface area is 119 Å². The summed E-state index contributed by atoms with van der Waals surface area (Å²) in [6.45, 7) is 2.87. The van der Waals surface area contributed by atoms with E-state index in [2.05, 4.69) is 22.5 Å². The molecule has 0 saturated carbocycles. The molecule has 0 aliphatic rings. The van der Waals surface area contributed by atoms with E-state index in [4.69, 9.17) is 10.8 Å². The molecule has 1 rings (SSSR count). The van der Waals surface area contributed by atoms with E-state index in [-0.39, 0.29) is 29.9 Å². The van der Waals surface area contributed by atoms with Crippen LogP contribution < -0.4 is 5.73 Å². The predicted molar refractivity (Wildman–Crippen MR) is 74.6 cm³/mol. The molecular formula is C11H14BrFN2O3S. The van der Waals surface area contributed by atoms with Crippen LogP contribution in [0.1, 0.15) is 0 Å². The molecule has 1 aromatic rings. The molecule has 0 unspecified atom stereocenters. The third kappa shape index (κ3) is 3.53. The zero-order chi connectivity index (χ0) is 14.6. The van der Waals surface area contributed by atoms with Crippen LogP contribution in [0.15, 0.2) is 34.2 Å².